The number of aliphatic hydroxyl groups excluding tert-OH is 4. The molecule has 0 saturated carbocycles. The molecule has 0 bridgehead atoms. The van der Waals surface area contributed by atoms with Crippen LogP contribution in [0.2, 0.25) is 0 Å². The third-order valence-electron chi connectivity index (χ3n) is 6.58. The van der Waals surface area contributed by atoms with Gasteiger partial charge in [0.05, 0.1) is 58.0 Å². The van der Waals surface area contributed by atoms with E-state index in [1.54, 1.807) is 0 Å². The minimum atomic E-state index is -5.87. The zero-order chi connectivity index (χ0) is 39.2. The molecule has 8 atom stereocenters. The Morgan fingerprint density at radius 3 is 1.80 bits per heavy atom. The van der Waals surface area contributed by atoms with Crippen LogP contribution in [0.15, 0.2) is 31.2 Å². The number of aromatic nitrogens is 7. The summed E-state index contributed by atoms with van der Waals surface area (Å²) in [6.07, 6.45) is -0.897. The van der Waals surface area contributed by atoms with Gasteiger partial charge in [0.25, 0.3) is 7.82 Å². The number of imidazole rings is 2. The molecule has 0 amide bonds. The monoisotopic (exact) mass is 852 g/mol. The fourth-order valence-corrected chi connectivity index (χ4v) is 11.1. The highest BCUT2D eigenvalue weighted by molar-refractivity contribution is 7.76. The van der Waals surface area contributed by atoms with Gasteiger partial charge in [-0.1, -0.05) is 7.43 Å². The lowest BCUT2D eigenvalue weighted by atomic mass is 10.3. The summed E-state index contributed by atoms with van der Waals surface area (Å²) in [5, 5.41) is 39.0. The van der Waals surface area contributed by atoms with Gasteiger partial charge in [0, 0.05) is 6.20 Å². The first kappa shape index (κ1) is 45.5. The number of fused-ring (bicyclic) bond motifs is 2. The van der Waals surface area contributed by atoms with Crippen molar-refractivity contribution in [3.05, 3.63) is 31.2 Å². The molecule has 4 rings (SSSR count). The van der Waals surface area contributed by atoms with Gasteiger partial charge < -0.3 is 65.5 Å². The summed E-state index contributed by atoms with van der Waals surface area (Å²) in [5.74, 6) is -2.08. The molecule has 54 heavy (non-hydrogen) atoms. The van der Waals surface area contributed by atoms with Crippen molar-refractivity contribution < 1.29 is 85.4 Å². The van der Waals surface area contributed by atoms with Crippen LogP contribution in [0.25, 0.3) is 22.3 Å². The Morgan fingerprint density at radius 2 is 1.24 bits per heavy atom. The molecule has 0 aliphatic heterocycles. The second-order valence-electron chi connectivity index (χ2n) is 10.5. The molecule has 27 nitrogen and oxygen atoms in total. The van der Waals surface area contributed by atoms with Crippen molar-refractivity contribution in [1.82, 2.24) is 34.1 Å². The Bertz CT molecular complexity index is 1910. The van der Waals surface area contributed by atoms with E-state index in [4.69, 9.17) is 20.9 Å². The van der Waals surface area contributed by atoms with Crippen LogP contribution < -0.4 is 16.4 Å². The van der Waals surface area contributed by atoms with E-state index in [1.165, 1.54) is 27.7 Å². The molecule has 4 heterocycles. The zero-order valence-corrected chi connectivity index (χ0v) is 30.4. The van der Waals surface area contributed by atoms with Gasteiger partial charge in [0.1, 0.15) is 29.6 Å². The average Bonchev–Trinajstić information content (AvgIpc) is 3.70. The normalized spacial score (nSPS) is 18.8. The van der Waals surface area contributed by atoms with Gasteiger partial charge in [-0.25, -0.2) is 38.1 Å². The summed E-state index contributed by atoms with van der Waals surface area (Å²) >= 11 is 0. The first-order chi connectivity index (χ1) is 24.8. The summed E-state index contributed by atoms with van der Waals surface area (Å²) in [6, 6.07) is 1.46. The molecule has 4 unspecified atom stereocenters. The van der Waals surface area contributed by atoms with E-state index in [0.29, 0.717) is 0 Å². The van der Waals surface area contributed by atoms with E-state index in [9.17, 15) is 58.3 Å². The number of phosphoric ester groups is 2. The number of nitrogen functional groups attached to an aromatic ring is 2. The van der Waals surface area contributed by atoms with E-state index in [1.807, 2.05) is 0 Å². The van der Waals surface area contributed by atoms with Crippen molar-refractivity contribution in [1.29, 1.82) is 0 Å². The Morgan fingerprint density at radius 1 is 0.722 bits per heavy atom. The lowest BCUT2D eigenvalue weighted by molar-refractivity contribution is -0.221. The molecular weight excluding hydrogens is 814 g/mol. The predicted molar refractivity (Wildman–Crippen MR) is 181 cm³/mol. The smallest absolute Gasteiger partial charge is 0.479 e. The molecule has 11 N–H and O–H groups in total. The standard InChI is InChI=1S/C22H35N9O18P4.CH4/c23-15-1-2-25-21-18(15)28-10-30(21)16(5-34)46-13(3-32)7-44-52(40,41)48-50(36,37)12-51(38,39)49-53(42,43)45-8-14(4-33)47-17(6-35)31-11-29-19-20(24)26-9-27-22(19)31;/h1-2,9-11,13-14,16-17,32-35H,3-8,12H2,(H2,23,25)(H,36,37)(H,38,39)(H,40,41)(H,42,43)(H2,24,26,27);1H4/p-1/t13-,14-,16+,17+;/m0./s1. The topological polar surface area (TPSA) is 415 Å². The van der Waals surface area contributed by atoms with Gasteiger partial charge in [0.2, 0.25) is 0 Å². The van der Waals surface area contributed by atoms with Crippen LogP contribution in [-0.2, 0) is 45.4 Å². The molecule has 4 aromatic heterocycles. The van der Waals surface area contributed by atoms with E-state index in [0.717, 1.165) is 12.7 Å². The van der Waals surface area contributed by atoms with Crippen molar-refractivity contribution >= 4 is 64.7 Å². The third-order valence-corrected chi connectivity index (χ3v) is 14.0. The number of anilines is 2. The van der Waals surface area contributed by atoms with Gasteiger partial charge in [0.15, 0.2) is 35.5 Å². The maximum absolute atomic E-state index is 12.5. The second-order valence-corrected chi connectivity index (χ2v) is 17.9. The van der Waals surface area contributed by atoms with Crippen LogP contribution in [0.4, 0.5) is 11.5 Å². The largest absolute Gasteiger partial charge is 0.756 e. The number of hydrogen-bond acceptors (Lipinski definition) is 22. The lowest BCUT2D eigenvalue weighted by Gasteiger charge is -2.29. The molecule has 0 fully saturated rings. The highest BCUT2D eigenvalue weighted by atomic mass is 31.3. The molecule has 0 aromatic carbocycles. The van der Waals surface area contributed by atoms with Gasteiger partial charge in [-0.3, -0.25) is 27.4 Å². The summed E-state index contributed by atoms with van der Waals surface area (Å²) in [6.45, 7) is -5.44. The third kappa shape index (κ3) is 12.1. The summed E-state index contributed by atoms with van der Waals surface area (Å²) in [4.78, 5) is 62.2. The Hall–Kier alpha value is -2.87. The minimum Gasteiger partial charge on any atom is -0.756 e. The van der Waals surface area contributed by atoms with Crippen LogP contribution >= 0.6 is 30.8 Å². The number of nitrogens with two attached hydrogens (primary N) is 2. The quantitative estimate of drug-likeness (QED) is 0.0418. The number of phosphoric acid groups is 2. The highest BCUT2D eigenvalue weighted by Gasteiger charge is 2.42. The molecule has 0 saturated heterocycles. The van der Waals surface area contributed by atoms with E-state index < -0.39 is 101 Å². The maximum atomic E-state index is 12.5. The zero-order valence-electron chi connectivity index (χ0n) is 26.8. The van der Waals surface area contributed by atoms with Gasteiger partial charge in [-0.15, -0.1) is 0 Å². The van der Waals surface area contributed by atoms with Crippen molar-refractivity contribution in [2.24, 2.45) is 0 Å². The minimum absolute atomic E-state index is 0. The molecule has 31 heteroatoms. The molecule has 0 aliphatic carbocycles. The SMILES string of the molecule is C.Nc1ccnc2c1ncn2[C@@H](CO)O[C@@H](CO)COP(=O)(O)OP(=O)(O)CP(=O)(O)OP(=O)([O-])OC[C@H](CO)O[C@H](CO)n1cnc2c(N)ncnc21. The molecule has 0 radical (unpaired) electrons. The van der Waals surface area contributed by atoms with Crippen LogP contribution in [0.3, 0.4) is 0 Å². The molecule has 4 aromatic rings. The van der Waals surface area contributed by atoms with Crippen LogP contribution in [-0.4, -0.2) is 127 Å². The number of aliphatic hydroxyl groups is 4. The first-order valence-corrected chi connectivity index (χ1v) is 21.0. The predicted octanol–water partition coefficient (Wildman–Crippen LogP) is -1.23. The van der Waals surface area contributed by atoms with Gasteiger partial charge in [-0.2, -0.15) is 0 Å². The van der Waals surface area contributed by atoms with E-state index in [2.05, 4.69) is 42.6 Å². The fourth-order valence-electron chi connectivity index (χ4n) is 4.35. The Kier molecular flexibility index (Phi) is 15.9. The Labute approximate surface area is 304 Å². The second kappa shape index (κ2) is 18.8. The molecule has 0 spiro atoms. The fraction of sp³-hybridized carbons (Fsp3) is 0.522. The maximum Gasteiger partial charge on any atom is 0.479 e. The van der Waals surface area contributed by atoms with E-state index in [-0.39, 0.29) is 41.3 Å². The highest BCUT2D eigenvalue weighted by Crippen LogP contribution is 2.69. The van der Waals surface area contributed by atoms with Crippen molar-refractivity contribution in [2.45, 2.75) is 32.1 Å². The summed E-state index contributed by atoms with van der Waals surface area (Å²) in [7, 11) is -22.9. The van der Waals surface area contributed by atoms with E-state index >= 15 is 0 Å². The van der Waals surface area contributed by atoms with Crippen LogP contribution in [0.1, 0.15) is 19.9 Å². The summed E-state index contributed by atoms with van der Waals surface area (Å²) in [5.41, 5.74) is 12.5. The lowest BCUT2D eigenvalue weighted by Crippen LogP contribution is -2.30. The first-order valence-electron chi connectivity index (χ1n) is 14.6. The van der Waals surface area contributed by atoms with Crippen LogP contribution in [0, 0.1) is 0 Å². The molecular formula is C23H38N9O18P4-. The molecule has 304 valence electrons. The Balaban J connectivity index is 0.00000784. The van der Waals surface area contributed by atoms with Gasteiger partial charge in [-0.05, 0) is 6.07 Å². The number of nitrogens with zero attached hydrogens (tertiary/aromatic N) is 7. The summed E-state index contributed by atoms with van der Waals surface area (Å²) < 4.78 is 80.3. The average molecular weight is 852 g/mol. The number of ether oxygens (including phenoxy) is 2. The van der Waals surface area contributed by atoms with Gasteiger partial charge >= 0.3 is 23.0 Å². The number of pyridine rings is 1. The van der Waals surface area contributed by atoms with Crippen molar-refractivity contribution in [2.75, 3.05) is 57.0 Å². The van der Waals surface area contributed by atoms with Crippen molar-refractivity contribution in [3.8, 4) is 0 Å². The molecule has 0 aliphatic rings. The number of rotatable bonds is 22. The van der Waals surface area contributed by atoms with Crippen LogP contribution in [0.5, 0.6) is 0 Å². The van der Waals surface area contributed by atoms with Crippen molar-refractivity contribution in [3.63, 3.8) is 0 Å². The number of hydrogen-bond donors (Lipinski definition) is 9.